The van der Waals surface area contributed by atoms with Crippen molar-refractivity contribution in [3.63, 3.8) is 0 Å². The Hall–Kier alpha value is -1.63. The first kappa shape index (κ1) is 17.4. The molecule has 3 N–H and O–H groups in total. The Bertz CT molecular complexity index is 460. The van der Waals surface area contributed by atoms with Crippen LogP contribution in [0.2, 0.25) is 0 Å². The number of nitrogens with one attached hydrogen (secondary N) is 3. The second kappa shape index (κ2) is 10.1. The van der Waals surface area contributed by atoms with Gasteiger partial charge in [0.25, 0.3) is 5.91 Å². The number of guanidine groups is 1. The summed E-state index contributed by atoms with van der Waals surface area (Å²) in [5.41, 5.74) is 0.851. The van der Waals surface area contributed by atoms with Crippen molar-refractivity contribution < 1.29 is 9.21 Å². The highest BCUT2D eigenvalue weighted by molar-refractivity contribution is 7.98. The Kier molecular flexibility index (Phi) is 8.42. The first-order chi connectivity index (χ1) is 10.2. The van der Waals surface area contributed by atoms with Crippen LogP contribution in [0, 0.1) is 6.92 Å². The molecule has 0 saturated carbocycles. The van der Waals surface area contributed by atoms with E-state index >= 15 is 0 Å². The normalized spacial score (nSPS) is 11.3. The minimum atomic E-state index is -0.167. The average molecular weight is 312 g/mol. The molecule has 0 spiro atoms. The standard InChI is InChI=1S/C14H24N4O2S/c1-11-5-9-20-12(11)13(19)16-6-4-7-17-14(15-2)18-8-10-21-3/h5,9H,4,6-8,10H2,1-3H3,(H,16,19)(H2,15,17,18). The number of carbonyl (C=O) groups is 1. The lowest BCUT2D eigenvalue weighted by Gasteiger charge is -2.11. The zero-order valence-electron chi connectivity index (χ0n) is 12.9. The number of carbonyl (C=O) groups excluding carboxylic acids is 1. The van der Waals surface area contributed by atoms with E-state index in [0.717, 1.165) is 36.8 Å². The molecule has 0 aliphatic carbocycles. The van der Waals surface area contributed by atoms with Gasteiger partial charge < -0.3 is 20.4 Å². The number of furan rings is 1. The lowest BCUT2D eigenvalue weighted by atomic mass is 10.2. The Morgan fingerprint density at radius 3 is 2.62 bits per heavy atom. The smallest absolute Gasteiger partial charge is 0.287 e. The minimum Gasteiger partial charge on any atom is -0.459 e. The summed E-state index contributed by atoms with van der Waals surface area (Å²) in [6.45, 7) is 4.07. The van der Waals surface area contributed by atoms with Gasteiger partial charge in [0.2, 0.25) is 0 Å². The van der Waals surface area contributed by atoms with Gasteiger partial charge in [0.1, 0.15) is 0 Å². The Balaban J connectivity index is 2.14. The Morgan fingerprint density at radius 1 is 1.29 bits per heavy atom. The summed E-state index contributed by atoms with van der Waals surface area (Å²) in [4.78, 5) is 15.9. The molecule has 1 amide bonds. The van der Waals surface area contributed by atoms with Gasteiger partial charge in [0.05, 0.1) is 6.26 Å². The van der Waals surface area contributed by atoms with E-state index in [1.807, 2.05) is 6.92 Å². The Morgan fingerprint density at radius 2 is 2.00 bits per heavy atom. The molecule has 6 nitrogen and oxygen atoms in total. The minimum absolute atomic E-state index is 0.167. The third-order valence-corrected chi connectivity index (χ3v) is 3.43. The van der Waals surface area contributed by atoms with Gasteiger partial charge in [-0.15, -0.1) is 0 Å². The number of hydrogen-bond acceptors (Lipinski definition) is 4. The Labute approximate surface area is 130 Å². The monoisotopic (exact) mass is 312 g/mol. The van der Waals surface area contributed by atoms with Gasteiger partial charge in [-0.05, 0) is 25.7 Å². The number of aryl methyl sites for hydroxylation is 1. The molecule has 0 aliphatic rings. The van der Waals surface area contributed by atoms with Crippen LogP contribution in [0.15, 0.2) is 21.7 Å². The van der Waals surface area contributed by atoms with E-state index in [2.05, 4.69) is 27.2 Å². The van der Waals surface area contributed by atoms with Crippen LogP contribution in [0.5, 0.6) is 0 Å². The van der Waals surface area contributed by atoms with Crippen LogP contribution >= 0.6 is 11.8 Å². The molecule has 0 bridgehead atoms. The number of rotatable bonds is 8. The van der Waals surface area contributed by atoms with Crippen molar-refractivity contribution in [2.75, 3.05) is 38.7 Å². The maximum atomic E-state index is 11.8. The molecule has 1 heterocycles. The lowest BCUT2D eigenvalue weighted by molar-refractivity contribution is 0.0925. The fourth-order valence-electron chi connectivity index (χ4n) is 1.67. The van der Waals surface area contributed by atoms with E-state index in [0.29, 0.717) is 12.3 Å². The quantitative estimate of drug-likeness (QED) is 0.382. The third kappa shape index (κ3) is 6.57. The van der Waals surface area contributed by atoms with E-state index in [1.165, 1.54) is 6.26 Å². The predicted molar refractivity (Wildman–Crippen MR) is 88.1 cm³/mol. The molecule has 0 atom stereocenters. The van der Waals surface area contributed by atoms with Gasteiger partial charge in [-0.2, -0.15) is 11.8 Å². The molecule has 0 unspecified atom stereocenters. The van der Waals surface area contributed by atoms with Crippen molar-refractivity contribution in [2.24, 2.45) is 4.99 Å². The van der Waals surface area contributed by atoms with E-state index in [1.54, 1.807) is 24.9 Å². The summed E-state index contributed by atoms with van der Waals surface area (Å²) in [6, 6.07) is 1.78. The summed E-state index contributed by atoms with van der Waals surface area (Å²) < 4.78 is 5.13. The first-order valence-electron chi connectivity index (χ1n) is 6.94. The topological polar surface area (TPSA) is 78.7 Å². The fraction of sp³-hybridized carbons (Fsp3) is 0.571. The van der Waals surface area contributed by atoms with Crippen molar-refractivity contribution >= 4 is 23.6 Å². The summed E-state index contributed by atoms with van der Waals surface area (Å²) >= 11 is 1.79. The molecule has 7 heteroatoms. The van der Waals surface area contributed by atoms with E-state index in [4.69, 9.17) is 4.42 Å². The van der Waals surface area contributed by atoms with Crippen LogP contribution in [0.3, 0.4) is 0 Å². The SMILES string of the molecule is CN=C(NCCCNC(=O)c1occc1C)NCCSC. The molecular formula is C14H24N4O2S. The first-order valence-corrected chi connectivity index (χ1v) is 8.34. The largest absolute Gasteiger partial charge is 0.459 e. The molecule has 0 aliphatic heterocycles. The molecule has 21 heavy (non-hydrogen) atoms. The maximum Gasteiger partial charge on any atom is 0.287 e. The van der Waals surface area contributed by atoms with Crippen LogP contribution in [-0.4, -0.2) is 50.6 Å². The molecule has 0 radical (unpaired) electrons. The van der Waals surface area contributed by atoms with Crippen LogP contribution in [0.1, 0.15) is 22.5 Å². The van der Waals surface area contributed by atoms with Crippen molar-refractivity contribution in [3.05, 3.63) is 23.7 Å². The second-order valence-electron chi connectivity index (χ2n) is 4.46. The van der Waals surface area contributed by atoms with Crippen LogP contribution < -0.4 is 16.0 Å². The zero-order chi connectivity index (χ0) is 15.5. The lowest BCUT2D eigenvalue weighted by Crippen LogP contribution is -2.39. The molecule has 0 aromatic carbocycles. The van der Waals surface area contributed by atoms with E-state index in [9.17, 15) is 4.79 Å². The fourth-order valence-corrected chi connectivity index (χ4v) is 1.98. The molecular weight excluding hydrogens is 288 g/mol. The summed E-state index contributed by atoms with van der Waals surface area (Å²) in [5.74, 6) is 2.05. The number of amides is 1. The highest BCUT2D eigenvalue weighted by Gasteiger charge is 2.11. The van der Waals surface area contributed by atoms with Crippen LogP contribution in [0.4, 0.5) is 0 Å². The predicted octanol–water partition coefficient (Wildman–Crippen LogP) is 1.24. The summed E-state index contributed by atoms with van der Waals surface area (Å²) in [5, 5.41) is 9.25. The molecule has 1 aromatic heterocycles. The molecule has 1 rings (SSSR count). The number of thioether (sulfide) groups is 1. The van der Waals surface area contributed by atoms with Gasteiger partial charge >= 0.3 is 0 Å². The van der Waals surface area contributed by atoms with Crippen molar-refractivity contribution in [3.8, 4) is 0 Å². The van der Waals surface area contributed by atoms with E-state index in [-0.39, 0.29) is 5.91 Å². The van der Waals surface area contributed by atoms with Crippen LogP contribution in [0.25, 0.3) is 0 Å². The van der Waals surface area contributed by atoms with Crippen molar-refractivity contribution in [1.82, 2.24) is 16.0 Å². The second-order valence-corrected chi connectivity index (χ2v) is 5.45. The van der Waals surface area contributed by atoms with Gasteiger partial charge in [-0.1, -0.05) is 0 Å². The number of nitrogens with zero attached hydrogens (tertiary/aromatic N) is 1. The number of hydrogen-bond donors (Lipinski definition) is 3. The van der Waals surface area contributed by atoms with Gasteiger partial charge in [0.15, 0.2) is 11.7 Å². The maximum absolute atomic E-state index is 11.8. The van der Waals surface area contributed by atoms with Gasteiger partial charge in [-0.25, -0.2) is 0 Å². The zero-order valence-corrected chi connectivity index (χ0v) is 13.7. The molecule has 0 fully saturated rings. The third-order valence-electron chi connectivity index (χ3n) is 2.82. The molecule has 118 valence electrons. The van der Waals surface area contributed by atoms with Crippen molar-refractivity contribution in [2.45, 2.75) is 13.3 Å². The highest BCUT2D eigenvalue weighted by Crippen LogP contribution is 2.07. The number of aliphatic imine (C=N–C) groups is 1. The van der Waals surface area contributed by atoms with E-state index < -0.39 is 0 Å². The average Bonchev–Trinajstić information content (AvgIpc) is 2.91. The van der Waals surface area contributed by atoms with Gasteiger partial charge in [-0.3, -0.25) is 9.79 Å². The van der Waals surface area contributed by atoms with Crippen LogP contribution in [-0.2, 0) is 0 Å². The van der Waals surface area contributed by atoms with Crippen molar-refractivity contribution in [1.29, 1.82) is 0 Å². The molecule has 0 saturated heterocycles. The van der Waals surface area contributed by atoms with Gasteiger partial charge in [0, 0.05) is 38.0 Å². The summed E-state index contributed by atoms with van der Waals surface area (Å²) in [7, 11) is 1.75. The summed E-state index contributed by atoms with van der Waals surface area (Å²) in [6.07, 6.45) is 4.41. The highest BCUT2D eigenvalue weighted by atomic mass is 32.2. The molecule has 1 aromatic rings.